The molecule has 0 aliphatic carbocycles. The lowest BCUT2D eigenvalue weighted by molar-refractivity contribution is 0.390. The van der Waals surface area contributed by atoms with E-state index in [-0.39, 0.29) is 0 Å². The first kappa shape index (κ1) is 11.4. The van der Waals surface area contributed by atoms with Crippen LogP contribution in [0.25, 0.3) is 0 Å². The minimum atomic E-state index is 0.814. The number of aromatic nitrogens is 1. The fraction of sp³-hybridized carbons (Fsp3) is 0.615. The number of nitrogens with one attached hydrogen (secondary N) is 2. The number of anilines is 1. The monoisotopic (exact) mass is 219 g/mol. The highest BCUT2D eigenvalue weighted by Crippen LogP contribution is 2.17. The van der Waals surface area contributed by atoms with Crippen LogP contribution in [0, 0.1) is 19.8 Å². The van der Waals surface area contributed by atoms with Crippen LogP contribution in [0.2, 0.25) is 0 Å². The minimum Gasteiger partial charge on any atom is -0.384 e. The Morgan fingerprint density at radius 2 is 2.12 bits per heavy atom. The molecule has 0 radical (unpaired) electrons. The van der Waals surface area contributed by atoms with Gasteiger partial charge in [-0.05, 0) is 57.3 Å². The molecule has 3 nitrogen and oxygen atoms in total. The summed E-state index contributed by atoms with van der Waals surface area (Å²) >= 11 is 0. The third-order valence-corrected chi connectivity index (χ3v) is 3.28. The molecule has 0 unspecified atom stereocenters. The average Bonchev–Trinajstić information content (AvgIpc) is 2.32. The van der Waals surface area contributed by atoms with E-state index in [1.54, 1.807) is 0 Å². The predicted octanol–water partition coefficient (Wildman–Crippen LogP) is 2.11. The second kappa shape index (κ2) is 5.30. The molecule has 2 heterocycles. The van der Waals surface area contributed by atoms with E-state index in [2.05, 4.69) is 28.6 Å². The van der Waals surface area contributed by atoms with Crippen LogP contribution in [0.4, 0.5) is 5.69 Å². The SMILES string of the molecule is Cc1cc(NCC2CCNCC2)c(C)cn1. The highest BCUT2D eigenvalue weighted by Gasteiger charge is 2.12. The van der Waals surface area contributed by atoms with Crippen LogP contribution in [-0.4, -0.2) is 24.6 Å². The third kappa shape index (κ3) is 2.95. The lowest BCUT2D eigenvalue weighted by atomic mass is 9.98. The van der Waals surface area contributed by atoms with Gasteiger partial charge in [0.1, 0.15) is 0 Å². The first-order valence-corrected chi connectivity index (χ1v) is 6.13. The Hall–Kier alpha value is -1.09. The van der Waals surface area contributed by atoms with E-state index in [4.69, 9.17) is 0 Å². The summed E-state index contributed by atoms with van der Waals surface area (Å²) in [4.78, 5) is 4.28. The fourth-order valence-corrected chi connectivity index (χ4v) is 2.16. The zero-order valence-electron chi connectivity index (χ0n) is 10.2. The Morgan fingerprint density at radius 1 is 1.38 bits per heavy atom. The van der Waals surface area contributed by atoms with Crippen LogP contribution in [0.5, 0.6) is 0 Å². The van der Waals surface area contributed by atoms with E-state index < -0.39 is 0 Å². The van der Waals surface area contributed by atoms with E-state index in [0.717, 1.165) is 18.2 Å². The molecule has 2 rings (SSSR count). The first-order chi connectivity index (χ1) is 7.75. The number of piperidine rings is 1. The summed E-state index contributed by atoms with van der Waals surface area (Å²) in [5, 5.41) is 6.95. The molecule has 1 saturated heterocycles. The summed E-state index contributed by atoms with van der Waals surface area (Å²) in [6.45, 7) is 7.57. The van der Waals surface area contributed by atoms with Gasteiger partial charge in [0, 0.05) is 24.1 Å². The molecule has 0 aromatic carbocycles. The van der Waals surface area contributed by atoms with Crippen molar-refractivity contribution in [3.8, 4) is 0 Å². The maximum Gasteiger partial charge on any atom is 0.0403 e. The molecule has 88 valence electrons. The van der Waals surface area contributed by atoms with E-state index in [0.29, 0.717) is 0 Å². The van der Waals surface area contributed by atoms with Gasteiger partial charge < -0.3 is 10.6 Å². The smallest absolute Gasteiger partial charge is 0.0403 e. The average molecular weight is 219 g/mol. The molecule has 1 fully saturated rings. The summed E-state index contributed by atoms with van der Waals surface area (Å²) in [6, 6.07) is 2.14. The van der Waals surface area contributed by atoms with Gasteiger partial charge in [0.05, 0.1) is 0 Å². The molecule has 1 aromatic heterocycles. The van der Waals surface area contributed by atoms with Gasteiger partial charge in [-0.1, -0.05) is 0 Å². The molecule has 3 heteroatoms. The molecule has 0 bridgehead atoms. The van der Waals surface area contributed by atoms with Crippen molar-refractivity contribution >= 4 is 5.69 Å². The Morgan fingerprint density at radius 3 is 2.88 bits per heavy atom. The van der Waals surface area contributed by atoms with Gasteiger partial charge in [-0.15, -0.1) is 0 Å². The third-order valence-electron chi connectivity index (χ3n) is 3.28. The summed E-state index contributed by atoms with van der Waals surface area (Å²) < 4.78 is 0. The molecule has 1 aliphatic rings. The molecule has 0 spiro atoms. The topological polar surface area (TPSA) is 37.0 Å². The van der Waals surface area contributed by atoms with Gasteiger partial charge in [-0.3, -0.25) is 4.98 Å². The number of hydrogen-bond donors (Lipinski definition) is 2. The predicted molar refractivity (Wildman–Crippen MR) is 67.8 cm³/mol. The molecule has 1 aliphatic heterocycles. The van der Waals surface area contributed by atoms with Crippen molar-refractivity contribution in [3.05, 3.63) is 23.5 Å². The quantitative estimate of drug-likeness (QED) is 0.817. The zero-order valence-corrected chi connectivity index (χ0v) is 10.2. The van der Waals surface area contributed by atoms with Gasteiger partial charge in [-0.25, -0.2) is 0 Å². The maximum absolute atomic E-state index is 4.28. The van der Waals surface area contributed by atoms with Crippen molar-refractivity contribution in [3.63, 3.8) is 0 Å². The van der Waals surface area contributed by atoms with Crippen molar-refractivity contribution in [2.75, 3.05) is 25.0 Å². The second-order valence-electron chi connectivity index (χ2n) is 4.71. The van der Waals surface area contributed by atoms with Gasteiger partial charge in [0.25, 0.3) is 0 Å². The number of aryl methyl sites for hydroxylation is 2. The second-order valence-corrected chi connectivity index (χ2v) is 4.71. The van der Waals surface area contributed by atoms with Crippen LogP contribution in [0.1, 0.15) is 24.1 Å². The highest BCUT2D eigenvalue weighted by atomic mass is 14.9. The number of rotatable bonds is 3. The van der Waals surface area contributed by atoms with Crippen molar-refractivity contribution in [2.45, 2.75) is 26.7 Å². The number of nitrogens with zero attached hydrogens (tertiary/aromatic N) is 1. The van der Waals surface area contributed by atoms with Crippen LogP contribution in [-0.2, 0) is 0 Å². The lowest BCUT2D eigenvalue weighted by Crippen LogP contribution is -2.31. The Balaban J connectivity index is 1.90. The Bertz CT molecular complexity index is 343. The van der Waals surface area contributed by atoms with Crippen molar-refractivity contribution < 1.29 is 0 Å². The molecule has 16 heavy (non-hydrogen) atoms. The maximum atomic E-state index is 4.28. The molecule has 0 saturated carbocycles. The van der Waals surface area contributed by atoms with E-state index >= 15 is 0 Å². The lowest BCUT2D eigenvalue weighted by Gasteiger charge is -2.23. The van der Waals surface area contributed by atoms with Gasteiger partial charge >= 0.3 is 0 Å². The molecular formula is C13H21N3. The normalized spacial score (nSPS) is 17.4. The summed E-state index contributed by atoms with van der Waals surface area (Å²) in [5.74, 6) is 0.814. The van der Waals surface area contributed by atoms with Gasteiger partial charge in [0.15, 0.2) is 0 Å². The fourth-order valence-electron chi connectivity index (χ4n) is 2.16. The first-order valence-electron chi connectivity index (χ1n) is 6.13. The van der Waals surface area contributed by atoms with Crippen LogP contribution in [0.15, 0.2) is 12.3 Å². The Labute approximate surface area is 97.7 Å². The van der Waals surface area contributed by atoms with Crippen molar-refractivity contribution in [2.24, 2.45) is 5.92 Å². The molecule has 0 atom stereocenters. The van der Waals surface area contributed by atoms with Crippen LogP contribution in [0.3, 0.4) is 0 Å². The van der Waals surface area contributed by atoms with E-state index in [1.165, 1.54) is 37.2 Å². The highest BCUT2D eigenvalue weighted by molar-refractivity contribution is 5.50. The molecule has 0 amide bonds. The largest absolute Gasteiger partial charge is 0.384 e. The molecule has 2 N–H and O–H groups in total. The Kier molecular flexibility index (Phi) is 3.78. The van der Waals surface area contributed by atoms with Crippen LogP contribution >= 0.6 is 0 Å². The zero-order chi connectivity index (χ0) is 11.4. The summed E-state index contributed by atoms with van der Waals surface area (Å²) in [7, 11) is 0. The molecule has 1 aromatic rings. The van der Waals surface area contributed by atoms with Crippen molar-refractivity contribution in [1.29, 1.82) is 0 Å². The summed E-state index contributed by atoms with van der Waals surface area (Å²) in [6.07, 6.45) is 4.52. The van der Waals surface area contributed by atoms with Crippen molar-refractivity contribution in [1.82, 2.24) is 10.3 Å². The standard InChI is InChI=1S/C13H21N3/c1-10-8-15-11(2)7-13(10)16-9-12-3-5-14-6-4-12/h7-8,12,14H,3-6,9H2,1-2H3,(H,15,16). The number of pyridine rings is 1. The van der Waals surface area contributed by atoms with Crippen LogP contribution < -0.4 is 10.6 Å². The van der Waals surface area contributed by atoms with Gasteiger partial charge in [-0.2, -0.15) is 0 Å². The van der Waals surface area contributed by atoms with E-state index in [9.17, 15) is 0 Å². The summed E-state index contributed by atoms with van der Waals surface area (Å²) in [5.41, 5.74) is 3.56. The molecular weight excluding hydrogens is 198 g/mol. The van der Waals surface area contributed by atoms with Gasteiger partial charge in [0.2, 0.25) is 0 Å². The minimum absolute atomic E-state index is 0.814. The number of hydrogen-bond acceptors (Lipinski definition) is 3. The van der Waals surface area contributed by atoms with E-state index in [1.807, 2.05) is 13.1 Å².